The van der Waals surface area contributed by atoms with Crippen molar-refractivity contribution < 1.29 is 9.59 Å². The molecular formula is C17H21N5O2S. The van der Waals surface area contributed by atoms with Crippen LogP contribution in [0, 0.1) is 0 Å². The SMILES string of the molecule is CC(=O)NCCc1csc(C2CCCN(C(=O)c3cnccn3)C2)n1. The zero-order valence-electron chi connectivity index (χ0n) is 14.1. The van der Waals surface area contributed by atoms with Gasteiger partial charge in [0.05, 0.1) is 16.9 Å². The topological polar surface area (TPSA) is 88.1 Å². The molecule has 2 aromatic rings. The lowest BCUT2D eigenvalue weighted by atomic mass is 9.98. The third-order valence-electron chi connectivity index (χ3n) is 4.16. The lowest BCUT2D eigenvalue weighted by molar-refractivity contribution is -0.118. The number of hydrogen-bond donors (Lipinski definition) is 1. The fourth-order valence-electron chi connectivity index (χ4n) is 2.93. The van der Waals surface area contributed by atoms with Crippen LogP contribution < -0.4 is 5.32 Å². The minimum atomic E-state index is -0.0692. The number of nitrogens with zero attached hydrogens (tertiary/aromatic N) is 4. The second-order valence-corrected chi connectivity index (χ2v) is 6.98. The summed E-state index contributed by atoms with van der Waals surface area (Å²) >= 11 is 1.63. The molecule has 0 aliphatic carbocycles. The van der Waals surface area contributed by atoms with E-state index in [0.29, 0.717) is 18.8 Å². The van der Waals surface area contributed by atoms with Crippen LogP contribution in [-0.4, -0.2) is 51.3 Å². The maximum atomic E-state index is 12.6. The van der Waals surface area contributed by atoms with E-state index >= 15 is 0 Å². The summed E-state index contributed by atoms with van der Waals surface area (Å²) in [6.45, 7) is 3.51. The molecule has 8 heteroatoms. The van der Waals surface area contributed by atoms with E-state index in [0.717, 1.165) is 36.5 Å². The summed E-state index contributed by atoms with van der Waals surface area (Å²) in [5.74, 6) is 0.162. The molecule has 3 rings (SSSR count). The number of likely N-dealkylation sites (tertiary alicyclic amines) is 1. The molecule has 1 saturated heterocycles. The lowest BCUT2D eigenvalue weighted by Gasteiger charge is -2.31. The van der Waals surface area contributed by atoms with Gasteiger partial charge in [-0.05, 0) is 12.8 Å². The molecule has 2 amide bonds. The van der Waals surface area contributed by atoms with E-state index in [-0.39, 0.29) is 17.7 Å². The second kappa shape index (κ2) is 8.15. The van der Waals surface area contributed by atoms with Crippen LogP contribution in [0.2, 0.25) is 0 Å². The molecule has 25 heavy (non-hydrogen) atoms. The van der Waals surface area contributed by atoms with E-state index in [4.69, 9.17) is 4.98 Å². The van der Waals surface area contributed by atoms with Gasteiger partial charge in [-0.15, -0.1) is 11.3 Å². The Morgan fingerprint density at radius 3 is 3.04 bits per heavy atom. The maximum Gasteiger partial charge on any atom is 0.274 e. The van der Waals surface area contributed by atoms with Gasteiger partial charge in [0.25, 0.3) is 5.91 Å². The largest absolute Gasteiger partial charge is 0.356 e. The molecule has 0 saturated carbocycles. The van der Waals surface area contributed by atoms with Crippen LogP contribution in [0.15, 0.2) is 24.0 Å². The normalized spacial score (nSPS) is 17.3. The summed E-state index contributed by atoms with van der Waals surface area (Å²) in [5, 5.41) is 5.89. The third-order valence-corrected chi connectivity index (χ3v) is 5.22. The van der Waals surface area contributed by atoms with Crippen LogP contribution in [0.5, 0.6) is 0 Å². The third kappa shape index (κ3) is 4.60. The highest BCUT2D eigenvalue weighted by molar-refractivity contribution is 7.09. The van der Waals surface area contributed by atoms with Crippen molar-refractivity contribution in [3.05, 3.63) is 40.4 Å². The molecule has 1 aliphatic heterocycles. The molecule has 7 nitrogen and oxygen atoms in total. The predicted molar refractivity (Wildman–Crippen MR) is 94.4 cm³/mol. The van der Waals surface area contributed by atoms with Crippen LogP contribution in [0.25, 0.3) is 0 Å². The molecule has 0 radical (unpaired) electrons. The van der Waals surface area contributed by atoms with E-state index in [2.05, 4.69) is 15.3 Å². The number of amides is 2. The minimum Gasteiger partial charge on any atom is -0.356 e. The highest BCUT2D eigenvalue weighted by atomic mass is 32.1. The van der Waals surface area contributed by atoms with Crippen molar-refractivity contribution in [2.75, 3.05) is 19.6 Å². The van der Waals surface area contributed by atoms with E-state index in [9.17, 15) is 9.59 Å². The van der Waals surface area contributed by atoms with Gasteiger partial charge in [0.1, 0.15) is 5.69 Å². The zero-order chi connectivity index (χ0) is 17.6. The number of hydrogen-bond acceptors (Lipinski definition) is 6. The Morgan fingerprint density at radius 1 is 1.40 bits per heavy atom. The Bertz CT molecular complexity index is 734. The molecule has 2 aromatic heterocycles. The summed E-state index contributed by atoms with van der Waals surface area (Å²) in [4.78, 5) is 38.1. The highest BCUT2D eigenvalue weighted by Gasteiger charge is 2.27. The van der Waals surface area contributed by atoms with Crippen LogP contribution in [0.4, 0.5) is 0 Å². The van der Waals surface area contributed by atoms with Crippen molar-refractivity contribution in [1.29, 1.82) is 0 Å². The van der Waals surface area contributed by atoms with Crippen LogP contribution in [0.3, 0.4) is 0 Å². The summed E-state index contributed by atoms with van der Waals surface area (Å²) in [7, 11) is 0. The van der Waals surface area contributed by atoms with Gasteiger partial charge in [0, 0.05) is 56.7 Å². The van der Waals surface area contributed by atoms with Crippen molar-refractivity contribution in [3.8, 4) is 0 Å². The van der Waals surface area contributed by atoms with Gasteiger partial charge < -0.3 is 10.2 Å². The monoisotopic (exact) mass is 359 g/mol. The van der Waals surface area contributed by atoms with Gasteiger partial charge in [-0.25, -0.2) is 9.97 Å². The molecule has 0 bridgehead atoms. The average molecular weight is 359 g/mol. The van der Waals surface area contributed by atoms with Gasteiger partial charge in [0.2, 0.25) is 5.91 Å². The first-order valence-electron chi connectivity index (χ1n) is 8.37. The number of piperidine rings is 1. The molecule has 1 aliphatic rings. The van der Waals surface area contributed by atoms with Gasteiger partial charge >= 0.3 is 0 Å². The fourth-order valence-corrected chi connectivity index (χ4v) is 3.91. The predicted octanol–water partition coefficient (Wildman–Crippen LogP) is 1.63. The van der Waals surface area contributed by atoms with Crippen molar-refractivity contribution in [1.82, 2.24) is 25.2 Å². The van der Waals surface area contributed by atoms with Gasteiger partial charge in [0.15, 0.2) is 0 Å². The molecular weight excluding hydrogens is 338 g/mol. The van der Waals surface area contributed by atoms with Gasteiger partial charge in [-0.2, -0.15) is 0 Å². The second-order valence-electron chi connectivity index (χ2n) is 6.09. The lowest BCUT2D eigenvalue weighted by Crippen LogP contribution is -2.39. The first-order chi connectivity index (χ1) is 12.1. The summed E-state index contributed by atoms with van der Waals surface area (Å²) in [5.41, 5.74) is 1.38. The Labute approximate surface area is 150 Å². The number of nitrogens with one attached hydrogen (secondary N) is 1. The first kappa shape index (κ1) is 17.5. The molecule has 1 fully saturated rings. The molecule has 0 spiro atoms. The summed E-state index contributed by atoms with van der Waals surface area (Å²) < 4.78 is 0. The van der Waals surface area contributed by atoms with Gasteiger partial charge in [-0.3, -0.25) is 14.6 Å². The summed E-state index contributed by atoms with van der Waals surface area (Å²) in [6, 6.07) is 0. The molecule has 3 heterocycles. The molecule has 0 aromatic carbocycles. The first-order valence-corrected chi connectivity index (χ1v) is 9.25. The standard InChI is InChI=1S/C17H21N5O2S/c1-12(23)19-5-4-14-11-25-16(21-14)13-3-2-8-22(10-13)17(24)15-9-18-6-7-20-15/h6-7,9,11,13H,2-5,8,10H2,1H3,(H,19,23). The average Bonchev–Trinajstić information content (AvgIpc) is 3.10. The van der Waals surface area contributed by atoms with E-state index in [1.165, 1.54) is 19.3 Å². The van der Waals surface area contributed by atoms with Crippen LogP contribution in [-0.2, 0) is 11.2 Å². The van der Waals surface area contributed by atoms with Crippen molar-refractivity contribution in [2.45, 2.75) is 32.1 Å². The summed E-state index contributed by atoms with van der Waals surface area (Å²) in [6.07, 6.45) is 7.32. The molecule has 1 unspecified atom stereocenters. The van der Waals surface area contributed by atoms with Crippen molar-refractivity contribution in [3.63, 3.8) is 0 Å². The fraction of sp³-hybridized carbons (Fsp3) is 0.471. The van der Waals surface area contributed by atoms with Gasteiger partial charge in [-0.1, -0.05) is 0 Å². The number of carbonyl (C=O) groups excluding carboxylic acids is 2. The highest BCUT2D eigenvalue weighted by Crippen LogP contribution is 2.29. The Morgan fingerprint density at radius 2 is 2.28 bits per heavy atom. The Balaban J connectivity index is 1.61. The maximum absolute atomic E-state index is 12.6. The minimum absolute atomic E-state index is 0.0269. The number of aromatic nitrogens is 3. The number of carbonyl (C=O) groups is 2. The smallest absolute Gasteiger partial charge is 0.274 e. The van der Waals surface area contributed by atoms with E-state index < -0.39 is 0 Å². The van der Waals surface area contributed by atoms with Crippen molar-refractivity contribution >= 4 is 23.2 Å². The molecule has 1 N–H and O–H groups in total. The van der Waals surface area contributed by atoms with E-state index in [1.807, 2.05) is 10.3 Å². The zero-order valence-corrected chi connectivity index (χ0v) is 15.0. The van der Waals surface area contributed by atoms with Crippen molar-refractivity contribution in [2.24, 2.45) is 0 Å². The quantitative estimate of drug-likeness (QED) is 0.877. The molecule has 1 atom stereocenters. The Hall–Kier alpha value is -2.35. The number of thiazole rings is 1. The van der Waals surface area contributed by atoms with Crippen LogP contribution in [0.1, 0.15) is 46.9 Å². The van der Waals surface area contributed by atoms with E-state index in [1.54, 1.807) is 17.5 Å². The number of rotatable bonds is 5. The Kier molecular flexibility index (Phi) is 5.70. The molecule has 132 valence electrons. The van der Waals surface area contributed by atoms with Crippen LogP contribution >= 0.6 is 11.3 Å².